The first-order valence-corrected chi connectivity index (χ1v) is 15.3. The minimum atomic E-state index is -0.686. The third kappa shape index (κ3) is 5.62. The quantitative estimate of drug-likeness (QED) is 0.267. The maximum Gasteiger partial charge on any atom is 0.410 e. The number of β-amino-alcohol motifs (C(OH)–C–C–N with tert-alkyl or cyclic N) is 1. The number of amides is 1. The molecule has 0 saturated carbocycles. The molecule has 5 aromatic rings. The summed E-state index contributed by atoms with van der Waals surface area (Å²) in [6.07, 6.45) is 6.61. The number of fused-ring (bicyclic) bond motifs is 2. The summed E-state index contributed by atoms with van der Waals surface area (Å²) in [5, 5.41) is 19.0. The number of imidazole rings is 1. The highest BCUT2D eigenvalue weighted by Gasteiger charge is 2.35. The van der Waals surface area contributed by atoms with E-state index >= 15 is 0 Å². The lowest BCUT2D eigenvalue weighted by Gasteiger charge is -2.38. The lowest BCUT2D eigenvalue weighted by Crippen LogP contribution is -2.55. The number of pyridine rings is 2. The van der Waals surface area contributed by atoms with Crippen molar-refractivity contribution in [2.45, 2.75) is 63.8 Å². The number of nitrogens with two attached hydrogens (primary N) is 1. The Morgan fingerprint density at radius 3 is 2.71 bits per heavy atom. The maximum absolute atomic E-state index is 12.5. The summed E-state index contributed by atoms with van der Waals surface area (Å²) in [7, 11) is 0. The van der Waals surface area contributed by atoms with Gasteiger partial charge in [-0.15, -0.1) is 0 Å². The largest absolute Gasteiger partial charge is 0.444 e. The number of carbonyl (C=O) groups excluding carboxylic acids is 1. The predicted octanol–water partition coefficient (Wildman–Crippen LogP) is 4.20. The summed E-state index contributed by atoms with van der Waals surface area (Å²) in [6, 6.07) is 15.9. The Morgan fingerprint density at radius 2 is 1.96 bits per heavy atom. The summed E-state index contributed by atoms with van der Waals surface area (Å²) in [5.41, 5.74) is 11.3. The number of aromatic nitrogens is 6. The van der Waals surface area contributed by atoms with Crippen molar-refractivity contribution in [2.24, 2.45) is 0 Å². The van der Waals surface area contributed by atoms with E-state index in [2.05, 4.69) is 33.6 Å². The molecular weight excluding hydrogens is 570 g/mol. The number of aryl methyl sites for hydroxylation is 1. The minimum absolute atomic E-state index is 0.0966. The molecule has 7 rings (SSSR count). The second-order valence-corrected chi connectivity index (χ2v) is 12.7. The fourth-order valence-corrected chi connectivity index (χ4v) is 6.30. The van der Waals surface area contributed by atoms with Crippen molar-refractivity contribution in [3.63, 3.8) is 0 Å². The van der Waals surface area contributed by atoms with Crippen molar-refractivity contribution in [1.29, 1.82) is 0 Å². The first-order chi connectivity index (χ1) is 21.6. The number of nitrogens with zero attached hydrogens (tertiary/aromatic N) is 7. The Morgan fingerprint density at radius 1 is 1.09 bits per heavy atom. The second-order valence-electron chi connectivity index (χ2n) is 12.7. The van der Waals surface area contributed by atoms with Gasteiger partial charge in [0.2, 0.25) is 0 Å². The molecule has 2 unspecified atom stereocenters. The van der Waals surface area contributed by atoms with E-state index in [1.54, 1.807) is 22.0 Å². The highest BCUT2D eigenvalue weighted by molar-refractivity contribution is 5.83. The van der Waals surface area contributed by atoms with Crippen molar-refractivity contribution in [1.82, 2.24) is 39.5 Å². The van der Waals surface area contributed by atoms with E-state index in [9.17, 15) is 9.90 Å². The van der Waals surface area contributed by atoms with Crippen LogP contribution in [0.4, 0.5) is 10.6 Å². The number of likely N-dealkylation sites (tertiary alicyclic amines) is 1. The number of anilines is 1. The van der Waals surface area contributed by atoms with Crippen LogP contribution in [0.5, 0.6) is 0 Å². The molecule has 12 heteroatoms. The molecule has 1 saturated heterocycles. The Labute approximate surface area is 260 Å². The first-order valence-electron chi connectivity index (χ1n) is 15.3. The number of piperidine rings is 1. The zero-order valence-electron chi connectivity index (χ0n) is 25.6. The molecule has 0 spiro atoms. The highest BCUT2D eigenvalue weighted by Crippen LogP contribution is 2.36. The molecule has 4 aromatic heterocycles. The molecule has 1 aromatic carbocycles. The van der Waals surface area contributed by atoms with Crippen LogP contribution in [-0.4, -0.2) is 76.2 Å². The van der Waals surface area contributed by atoms with Gasteiger partial charge < -0.3 is 25.8 Å². The van der Waals surface area contributed by atoms with Gasteiger partial charge in [0.15, 0.2) is 17.3 Å². The zero-order valence-corrected chi connectivity index (χ0v) is 25.6. The molecule has 45 heavy (non-hydrogen) atoms. The molecule has 1 fully saturated rings. The Bertz CT molecular complexity index is 1860. The number of aliphatic hydroxyl groups excluding tert-OH is 1. The predicted molar refractivity (Wildman–Crippen MR) is 170 cm³/mol. The van der Waals surface area contributed by atoms with Crippen LogP contribution in [0.1, 0.15) is 50.8 Å². The molecule has 232 valence electrons. The van der Waals surface area contributed by atoms with Gasteiger partial charge in [-0.05, 0) is 93.6 Å². The van der Waals surface area contributed by atoms with Crippen molar-refractivity contribution in [3.05, 3.63) is 78.2 Å². The lowest BCUT2D eigenvalue weighted by atomic mass is 9.99. The molecule has 5 heterocycles. The van der Waals surface area contributed by atoms with Gasteiger partial charge in [0.1, 0.15) is 16.9 Å². The van der Waals surface area contributed by atoms with Gasteiger partial charge in [-0.1, -0.05) is 6.07 Å². The normalized spacial score (nSPS) is 20.0. The highest BCUT2D eigenvalue weighted by atomic mass is 16.6. The van der Waals surface area contributed by atoms with Crippen LogP contribution >= 0.6 is 0 Å². The van der Waals surface area contributed by atoms with Crippen LogP contribution in [-0.2, 0) is 11.2 Å². The van der Waals surface area contributed by atoms with Crippen LogP contribution in [0.15, 0.2) is 67.1 Å². The van der Waals surface area contributed by atoms with Crippen LogP contribution in [0, 0.1) is 0 Å². The number of nitrogens with one attached hydrogen (secondary N) is 1. The van der Waals surface area contributed by atoms with Gasteiger partial charge in [0, 0.05) is 42.9 Å². The molecular formula is C33H37N9O3. The van der Waals surface area contributed by atoms with E-state index in [4.69, 9.17) is 20.4 Å². The Kier molecular flexibility index (Phi) is 7.25. The van der Waals surface area contributed by atoms with Gasteiger partial charge in [-0.25, -0.2) is 24.4 Å². The first kappa shape index (κ1) is 28.9. The second kappa shape index (κ2) is 11.3. The molecule has 2 aliphatic rings. The van der Waals surface area contributed by atoms with Gasteiger partial charge >= 0.3 is 6.09 Å². The number of ether oxygens (including phenoxy) is 1. The summed E-state index contributed by atoms with van der Waals surface area (Å²) in [4.78, 5) is 28.4. The third-order valence-electron chi connectivity index (χ3n) is 8.42. The van der Waals surface area contributed by atoms with Gasteiger partial charge in [-0.3, -0.25) is 4.57 Å². The van der Waals surface area contributed by atoms with Crippen molar-refractivity contribution in [3.8, 4) is 22.9 Å². The molecule has 0 radical (unpaired) electrons. The van der Waals surface area contributed by atoms with E-state index in [-0.39, 0.29) is 24.7 Å². The monoisotopic (exact) mass is 607 g/mol. The van der Waals surface area contributed by atoms with Crippen LogP contribution in [0.25, 0.3) is 34.1 Å². The van der Waals surface area contributed by atoms with Crippen LogP contribution < -0.4 is 11.1 Å². The summed E-state index contributed by atoms with van der Waals surface area (Å²) < 4.78 is 9.26. The Hall–Kier alpha value is -4.81. The SMILES string of the molecule is CC(C)(C)OC(=O)N1CCC(N[C@H]2CCc3cc(-n4c(-c5cccnc5N)nc5ccc(-n6cccn6)nc54)ccc32)C(O)C1. The molecule has 12 nitrogen and oxygen atoms in total. The summed E-state index contributed by atoms with van der Waals surface area (Å²) in [5.74, 6) is 1.73. The third-order valence-corrected chi connectivity index (χ3v) is 8.42. The van der Waals surface area contributed by atoms with E-state index in [1.165, 1.54) is 11.1 Å². The molecule has 1 amide bonds. The standard InChI is InChI=1S/C33H37N9O3/c1-33(2,3)45-32(44)40-17-13-25(27(43)19-40)37-24-10-7-20-18-21(8-9-22(20)24)42-30(23-6-4-14-35-29(23)34)38-26-11-12-28(39-31(26)42)41-16-5-15-36-41/h4-6,8-9,11-12,14-16,18,24-25,27,37,43H,7,10,13,17,19H2,1-3H3,(H2,34,35)/t24-,25?,27?/m0/s1. The van der Waals surface area contributed by atoms with Crippen molar-refractivity contribution < 1.29 is 14.6 Å². The fraction of sp³-hybridized carbons (Fsp3) is 0.364. The molecule has 0 bridgehead atoms. The van der Waals surface area contributed by atoms with Crippen LogP contribution in [0.2, 0.25) is 0 Å². The van der Waals surface area contributed by atoms with Crippen molar-refractivity contribution >= 4 is 23.1 Å². The molecule has 1 aliphatic carbocycles. The number of rotatable bonds is 5. The summed E-state index contributed by atoms with van der Waals surface area (Å²) >= 11 is 0. The van der Waals surface area contributed by atoms with Gasteiger partial charge in [0.05, 0.1) is 18.2 Å². The fourth-order valence-electron chi connectivity index (χ4n) is 6.30. The lowest BCUT2D eigenvalue weighted by molar-refractivity contribution is -0.00605. The molecule has 3 atom stereocenters. The average molecular weight is 608 g/mol. The Balaban J connectivity index is 1.18. The van der Waals surface area contributed by atoms with Gasteiger partial charge in [-0.2, -0.15) is 5.10 Å². The molecule has 1 aliphatic heterocycles. The topological polar surface area (TPSA) is 149 Å². The average Bonchev–Trinajstić information content (AvgIpc) is 3.76. The number of carbonyl (C=O) groups is 1. The number of aliphatic hydroxyl groups is 1. The van der Waals surface area contributed by atoms with E-state index in [1.807, 2.05) is 61.9 Å². The number of hydrogen-bond acceptors (Lipinski definition) is 9. The number of nitrogen functional groups attached to an aromatic ring is 1. The van der Waals surface area contributed by atoms with E-state index in [0.717, 1.165) is 29.6 Å². The number of benzene rings is 1. The summed E-state index contributed by atoms with van der Waals surface area (Å²) in [6.45, 7) is 6.31. The van der Waals surface area contributed by atoms with Crippen molar-refractivity contribution in [2.75, 3.05) is 18.8 Å². The smallest absolute Gasteiger partial charge is 0.410 e. The van der Waals surface area contributed by atoms with Gasteiger partial charge in [0.25, 0.3) is 0 Å². The van der Waals surface area contributed by atoms with Crippen LogP contribution in [0.3, 0.4) is 0 Å². The van der Waals surface area contributed by atoms with E-state index in [0.29, 0.717) is 36.1 Å². The number of hydrogen-bond donors (Lipinski definition) is 3. The zero-order chi connectivity index (χ0) is 31.3. The molecule has 4 N–H and O–H groups in total. The minimum Gasteiger partial charge on any atom is -0.444 e. The maximum atomic E-state index is 12.5. The van der Waals surface area contributed by atoms with E-state index < -0.39 is 11.7 Å².